The van der Waals surface area contributed by atoms with Gasteiger partial charge in [0.25, 0.3) is 0 Å². The number of rotatable bonds is 4. The summed E-state index contributed by atoms with van der Waals surface area (Å²) in [5.74, 6) is -0.343. The molecule has 0 saturated carbocycles. The summed E-state index contributed by atoms with van der Waals surface area (Å²) in [4.78, 5) is 29.0. The molecule has 2 aliphatic rings. The van der Waals surface area contributed by atoms with Crippen molar-refractivity contribution in [3.05, 3.63) is 29.3 Å². The zero-order chi connectivity index (χ0) is 18.5. The SMILES string of the molecule is COC(=O)c1cc(CN2CCN(C(=O)O)CC2)ccc1N1CCOCC1. The maximum Gasteiger partial charge on any atom is 0.407 e. The third-order valence-corrected chi connectivity index (χ3v) is 4.87. The number of carbonyl (C=O) groups is 2. The molecule has 1 amide bonds. The monoisotopic (exact) mass is 363 g/mol. The van der Waals surface area contributed by atoms with Crippen LogP contribution in [0, 0.1) is 0 Å². The summed E-state index contributed by atoms with van der Waals surface area (Å²) in [6.07, 6.45) is -0.868. The Hall–Kier alpha value is -2.32. The molecule has 0 spiro atoms. The van der Waals surface area contributed by atoms with E-state index in [9.17, 15) is 9.59 Å². The van der Waals surface area contributed by atoms with Crippen LogP contribution >= 0.6 is 0 Å². The Bertz CT molecular complexity index is 652. The second kappa shape index (κ2) is 8.37. The lowest BCUT2D eigenvalue weighted by molar-refractivity contribution is 0.0599. The minimum Gasteiger partial charge on any atom is -0.465 e. The van der Waals surface area contributed by atoms with Crippen molar-refractivity contribution < 1.29 is 24.2 Å². The first-order valence-corrected chi connectivity index (χ1v) is 8.82. The summed E-state index contributed by atoms with van der Waals surface area (Å²) < 4.78 is 10.4. The smallest absolute Gasteiger partial charge is 0.407 e. The fourth-order valence-corrected chi connectivity index (χ4v) is 3.39. The van der Waals surface area contributed by atoms with E-state index in [1.54, 1.807) is 0 Å². The van der Waals surface area contributed by atoms with E-state index < -0.39 is 6.09 Å². The molecule has 0 atom stereocenters. The standard InChI is InChI=1S/C18H25N3O5/c1-25-17(22)15-12-14(2-3-16(15)20-8-10-26-11-9-20)13-19-4-6-21(7-5-19)18(23)24/h2-3,12H,4-11,13H2,1H3,(H,23,24). The molecule has 8 heteroatoms. The summed E-state index contributed by atoms with van der Waals surface area (Å²) in [5, 5.41) is 9.04. The molecule has 1 aromatic carbocycles. The Morgan fingerprint density at radius 3 is 2.42 bits per heavy atom. The topological polar surface area (TPSA) is 82.5 Å². The van der Waals surface area contributed by atoms with Gasteiger partial charge in [-0.05, 0) is 17.7 Å². The van der Waals surface area contributed by atoms with Gasteiger partial charge in [-0.15, -0.1) is 0 Å². The highest BCUT2D eigenvalue weighted by Crippen LogP contribution is 2.25. The number of anilines is 1. The summed E-state index contributed by atoms with van der Waals surface area (Å²) in [5.41, 5.74) is 2.46. The van der Waals surface area contributed by atoms with Crippen molar-refractivity contribution in [2.24, 2.45) is 0 Å². The number of nitrogens with zero attached hydrogens (tertiary/aromatic N) is 3. The number of hydrogen-bond acceptors (Lipinski definition) is 6. The molecule has 2 saturated heterocycles. The van der Waals surface area contributed by atoms with Gasteiger partial charge in [-0.25, -0.2) is 9.59 Å². The molecule has 8 nitrogen and oxygen atoms in total. The van der Waals surface area contributed by atoms with Gasteiger partial charge in [0.2, 0.25) is 0 Å². The molecule has 0 aromatic heterocycles. The molecule has 3 rings (SSSR count). The maximum absolute atomic E-state index is 12.3. The molecular formula is C18H25N3O5. The molecule has 142 valence electrons. The van der Waals surface area contributed by atoms with Crippen molar-refractivity contribution in [1.82, 2.24) is 9.80 Å². The normalized spacial score (nSPS) is 18.7. The van der Waals surface area contributed by atoms with Crippen molar-refractivity contribution in [2.75, 3.05) is 64.5 Å². The Morgan fingerprint density at radius 1 is 1.12 bits per heavy atom. The molecule has 1 N–H and O–H groups in total. The van der Waals surface area contributed by atoms with Gasteiger partial charge in [-0.2, -0.15) is 0 Å². The Kier molecular flexibility index (Phi) is 5.95. The lowest BCUT2D eigenvalue weighted by Gasteiger charge is -2.33. The van der Waals surface area contributed by atoms with Gasteiger partial charge in [0.15, 0.2) is 0 Å². The molecule has 0 radical (unpaired) electrons. The predicted molar refractivity (Wildman–Crippen MR) is 95.7 cm³/mol. The quantitative estimate of drug-likeness (QED) is 0.802. The summed E-state index contributed by atoms with van der Waals surface area (Å²) in [7, 11) is 1.39. The highest BCUT2D eigenvalue weighted by molar-refractivity contribution is 5.96. The second-order valence-corrected chi connectivity index (χ2v) is 6.49. The number of methoxy groups -OCH3 is 1. The fraction of sp³-hybridized carbons (Fsp3) is 0.556. The first kappa shape index (κ1) is 18.5. The van der Waals surface area contributed by atoms with Crippen molar-refractivity contribution in [3.8, 4) is 0 Å². The van der Waals surface area contributed by atoms with Crippen LogP contribution in [0.1, 0.15) is 15.9 Å². The number of esters is 1. The van der Waals surface area contributed by atoms with E-state index in [1.165, 1.54) is 12.0 Å². The zero-order valence-corrected chi connectivity index (χ0v) is 15.0. The van der Waals surface area contributed by atoms with Gasteiger partial charge < -0.3 is 24.4 Å². The average Bonchev–Trinajstić information content (AvgIpc) is 2.68. The highest BCUT2D eigenvalue weighted by atomic mass is 16.5. The van der Waals surface area contributed by atoms with Gasteiger partial charge >= 0.3 is 12.1 Å². The van der Waals surface area contributed by atoms with Gasteiger partial charge in [-0.1, -0.05) is 6.07 Å². The van der Waals surface area contributed by atoms with Crippen molar-refractivity contribution in [2.45, 2.75) is 6.54 Å². The Labute approximate surface area is 152 Å². The number of ether oxygens (including phenoxy) is 2. The molecule has 1 aromatic rings. The fourth-order valence-electron chi connectivity index (χ4n) is 3.39. The first-order chi connectivity index (χ1) is 12.6. The summed E-state index contributed by atoms with van der Waals surface area (Å²) in [6, 6.07) is 5.89. The van der Waals surface area contributed by atoms with Crippen LogP contribution in [-0.2, 0) is 16.0 Å². The molecule has 2 fully saturated rings. The molecule has 26 heavy (non-hydrogen) atoms. The van der Waals surface area contributed by atoms with Gasteiger partial charge in [0.1, 0.15) is 0 Å². The number of carbonyl (C=O) groups excluding carboxylic acids is 1. The number of amides is 1. The predicted octanol–water partition coefficient (Wildman–Crippen LogP) is 1.11. The van der Waals surface area contributed by atoms with E-state index >= 15 is 0 Å². The number of carboxylic acid groups (broad SMARTS) is 1. The van der Waals surface area contributed by atoms with E-state index in [0.717, 1.165) is 24.3 Å². The Morgan fingerprint density at radius 2 is 1.81 bits per heavy atom. The van der Waals surface area contributed by atoms with Crippen molar-refractivity contribution >= 4 is 17.7 Å². The Balaban J connectivity index is 1.72. The summed E-state index contributed by atoms with van der Waals surface area (Å²) >= 11 is 0. The van der Waals surface area contributed by atoms with Crippen LogP contribution < -0.4 is 4.90 Å². The maximum atomic E-state index is 12.3. The molecule has 0 aliphatic carbocycles. The average molecular weight is 363 g/mol. The van der Waals surface area contributed by atoms with Crippen LogP contribution in [0.5, 0.6) is 0 Å². The van der Waals surface area contributed by atoms with Crippen molar-refractivity contribution in [1.29, 1.82) is 0 Å². The minimum atomic E-state index is -0.868. The van der Waals surface area contributed by atoms with Crippen LogP contribution in [0.3, 0.4) is 0 Å². The number of morpholine rings is 1. The first-order valence-electron chi connectivity index (χ1n) is 8.82. The second-order valence-electron chi connectivity index (χ2n) is 6.49. The molecule has 0 bridgehead atoms. The lowest BCUT2D eigenvalue weighted by Crippen LogP contribution is -2.47. The molecule has 0 unspecified atom stereocenters. The van der Waals surface area contributed by atoms with E-state index in [4.69, 9.17) is 14.6 Å². The number of benzene rings is 1. The van der Waals surface area contributed by atoms with Crippen LogP contribution in [0.15, 0.2) is 18.2 Å². The lowest BCUT2D eigenvalue weighted by atomic mass is 10.1. The summed E-state index contributed by atoms with van der Waals surface area (Å²) in [6.45, 7) is 5.86. The van der Waals surface area contributed by atoms with E-state index in [0.29, 0.717) is 51.5 Å². The van der Waals surface area contributed by atoms with Gasteiger partial charge in [0, 0.05) is 45.8 Å². The van der Waals surface area contributed by atoms with Crippen LogP contribution in [0.2, 0.25) is 0 Å². The molecule has 2 aliphatic heterocycles. The third kappa shape index (κ3) is 4.25. The van der Waals surface area contributed by atoms with E-state index in [2.05, 4.69) is 9.80 Å². The number of hydrogen-bond donors (Lipinski definition) is 1. The van der Waals surface area contributed by atoms with Crippen LogP contribution in [-0.4, -0.2) is 86.6 Å². The van der Waals surface area contributed by atoms with Crippen LogP contribution in [0.25, 0.3) is 0 Å². The molecule has 2 heterocycles. The van der Waals surface area contributed by atoms with Crippen molar-refractivity contribution in [3.63, 3.8) is 0 Å². The highest BCUT2D eigenvalue weighted by Gasteiger charge is 2.23. The molecular weight excluding hydrogens is 338 g/mol. The zero-order valence-electron chi connectivity index (χ0n) is 15.0. The van der Waals surface area contributed by atoms with Gasteiger partial charge in [0.05, 0.1) is 31.6 Å². The van der Waals surface area contributed by atoms with Gasteiger partial charge in [-0.3, -0.25) is 4.90 Å². The minimum absolute atomic E-state index is 0.343. The van der Waals surface area contributed by atoms with Crippen LogP contribution in [0.4, 0.5) is 10.5 Å². The van der Waals surface area contributed by atoms with E-state index in [1.807, 2.05) is 18.2 Å². The van der Waals surface area contributed by atoms with E-state index in [-0.39, 0.29) is 5.97 Å². The third-order valence-electron chi connectivity index (χ3n) is 4.87. The largest absolute Gasteiger partial charge is 0.465 e. The number of piperazine rings is 1.